The van der Waals surface area contributed by atoms with E-state index in [1.165, 1.54) is 24.3 Å². The number of allylic oxidation sites excluding steroid dienone is 2. The Labute approximate surface area is 606 Å². The number of carbonyl (C=O) groups excluding carboxylic acids is 8. The molecule has 6 atom stereocenters. The molecule has 580 valence electrons. The Morgan fingerprint density at radius 1 is 0.419 bits per heavy atom. The molecule has 2 aromatic carbocycles. The number of hydrogen-bond donors (Lipinski definition) is 23. The van der Waals surface area contributed by atoms with Gasteiger partial charge in [-0.05, 0) is 117 Å². The lowest BCUT2D eigenvalue weighted by Gasteiger charge is -2.25. The van der Waals surface area contributed by atoms with Gasteiger partial charge in [-0.1, -0.05) is 11.1 Å². The number of hydrogen-bond acceptors (Lipinski definition) is 23. The Balaban J connectivity index is 2.16. The van der Waals surface area contributed by atoms with E-state index in [-0.39, 0.29) is 210 Å². The highest BCUT2D eigenvalue weighted by Crippen LogP contribution is 2.36. The van der Waals surface area contributed by atoms with E-state index in [9.17, 15) is 38.4 Å². The predicted octanol–water partition coefficient (Wildman–Crippen LogP) is -2.34. The van der Waals surface area contributed by atoms with Crippen molar-refractivity contribution in [1.29, 1.82) is 32.5 Å². The van der Waals surface area contributed by atoms with Crippen LogP contribution in [0.15, 0.2) is 56.8 Å². The van der Waals surface area contributed by atoms with E-state index in [1.807, 2.05) is 27.7 Å². The lowest BCUT2D eigenvalue weighted by atomic mass is 10.1. The first-order valence-electron chi connectivity index (χ1n) is 33.5. The second kappa shape index (κ2) is 46.5. The number of nitrogens with two attached hydrogens (primary N) is 6. The lowest BCUT2D eigenvalue weighted by molar-refractivity contribution is -0.168. The van der Waals surface area contributed by atoms with Crippen LogP contribution in [0.5, 0.6) is 23.0 Å². The van der Waals surface area contributed by atoms with E-state index >= 15 is 4.79 Å². The summed E-state index contributed by atoms with van der Waals surface area (Å²) in [6, 6.07) is -1.45. The topological polar surface area (TPSA) is 663 Å². The monoisotopic (exact) mass is 1480 g/mol. The van der Waals surface area contributed by atoms with Crippen molar-refractivity contribution >= 4 is 105 Å². The van der Waals surface area contributed by atoms with E-state index in [1.54, 1.807) is 12.2 Å². The van der Waals surface area contributed by atoms with E-state index in [0.29, 0.717) is 0 Å². The maximum atomic E-state index is 15.3. The van der Waals surface area contributed by atoms with Crippen LogP contribution in [0.3, 0.4) is 0 Å². The quantitative estimate of drug-likeness (QED) is 0.00535. The number of ether oxygens (including phenoxy) is 7. The second-order valence-corrected chi connectivity index (χ2v) is 24.1. The second-order valence-electron chi connectivity index (χ2n) is 24.1. The third-order valence-corrected chi connectivity index (χ3v) is 14.9. The molecule has 0 unspecified atom stereocenters. The minimum Gasteiger partial charge on any atom is -0.489 e. The average molecular weight is 1480 g/mol. The summed E-state index contributed by atoms with van der Waals surface area (Å²) in [4.78, 5) is 126. The van der Waals surface area contributed by atoms with Crippen LogP contribution in [0.2, 0.25) is 0 Å². The normalized spacial score (nSPS) is 12.4. The molecule has 0 aliphatic heterocycles. The van der Waals surface area contributed by atoms with E-state index in [0.717, 1.165) is 25.4 Å². The first-order chi connectivity index (χ1) is 49.8. The Morgan fingerprint density at radius 3 is 1.05 bits per heavy atom. The van der Waals surface area contributed by atoms with Crippen LogP contribution < -0.4 is 117 Å². The van der Waals surface area contributed by atoms with Crippen LogP contribution in [-0.2, 0) is 52.6 Å². The summed E-state index contributed by atoms with van der Waals surface area (Å²) in [6.45, 7) is 6.26. The van der Waals surface area contributed by atoms with Crippen molar-refractivity contribution in [2.24, 2.45) is 34.4 Å². The van der Waals surface area contributed by atoms with Gasteiger partial charge in [-0.3, -0.25) is 61.2 Å². The number of benzene rings is 2. The highest BCUT2D eigenvalue weighted by atomic mass is 16.6. The van der Waals surface area contributed by atoms with E-state index < -0.39 is 102 Å². The summed E-state index contributed by atoms with van der Waals surface area (Å²) < 4.78 is 46.2. The number of carbonyl (C=O) groups is 8. The highest BCUT2D eigenvalue weighted by molar-refractivity contribution is 5.99. The number of methoxy groups -OCH3 is 2. The summed E-state index contributed by atoms with van der Waals surface area (Å²) in [6.07, 6.45) is 2.54. The third kappa shape index (κ3) is 34.0. The zero-order valence-electron chi connectivity index (χ0n) is 59.9. The van der Waals surface area contributed by atoms with E-state index in [4.69, 9.17) is 104 Å². The maximum Gasteiger partial charge on any atom is 0.347 e. The van der Waals surface area contributed by atoms with Gasteiger partial charge in [0.1, 0.15) is 88.4 Å². The van der Waals surface area contributed by atoms with Crippen LogP contribution in [0.25, 0.3) is 21.9 Å². The molecule has 3 rings (SSSR count). The van der Waals surface area contributed by atoms with Gasteiger partial charge in [0.2, 0.25) is 23.2 Å². The van der Waals surface area contributed by atoms with Gasteiger partial charge in [-0.2, -0.15) is 0 Å². The first kappa shape index (κ1) is 87.2. The molecule has 0 aliphatic rings. The van der Waals surface area contributed by atoms with Gasteiger partial charge < -0.3 is 130 Å². The van der Waals surface area contributed by atoms with Crippen molar-refractivity contribution in [1.82, 2.24) is 58.5 Å². The third-order valence-electron chi connectivity index (χ3n) is 14.9. The highest BCUT2D eigenvalue weighted by Gasteiger charge is 2.34. The van der Waals surface area contributed by atoms with Crippen LogP contribution in [0.4, 0.5) is 0 Å². The van der Waals surface area contributed by atoms with Crippen molar-refractivity contribution < 1.29 is 75.9 Å². The van der Waals surface area contributed by atoms with Gasteiger partial charge in [0.15, 0.2) is 55.1 Å². The minimum atomic E-state index is -1.47. The van der Waals surface area contributed by atoms with Gasteiger partial charge in [0, 0.05) is 63.5 Å². The van der Waals surface area contributed by atoms with Crippen molar-refractivity contribution in [3.63, 3.8) is 0 Å². The Hall–Kier alpha value is -12.0. The summed E-state index contributed by atoms with van der Waals surface area (Å²) in [5, 5.41) is 73.5. The molecule has 1 aromatic heterocycles. The molecule has 5 amide bonds. The van der Waals surface area contributed by atoms with Gasteiger partial charge in [0.05, 0.1) is 14.2 Å². The number of nitrogens with one attached hydrogen (secondary N) is 17. The van der Waals surface area contributed by atoms with Crippen molar-refractivity contribution in [3.8, 4) is 23.0 Å². The number of amides is 5. The smallest absolute Gasteiger partial charge is 0.347 e. The zero-order valence-corrected chi connectivity index (χ0v) is 59.9. The average Bonchev–Trinajstić information content (AvgIpc) is 0.749. The van der Waals surface area contributed by atoms with Crippen LogP contribution in [0.1, 0.15) is 105 Å². The molecule has 3 aromatic rings. The molecular weight excluding hydrogens is 1370 g/mol. The largest absolute Gasteiger partial charge is 0.489 e. The van der Waals surface area contributed by atoms with Crippen LogP contribution >= 0.6 is 0 Å². The molecule has 0 radical (unpaired) electrons. The number of fused-ring (bicyclic) bond motifs is 2. The molecular formula is C65H103N23O17. The molecule has 0 aliphatic carbocycles. The van der Waals surface area contributed by atoms with Gasteiger partial charge in [-0.15, -0.1) is 0 Å². The first-order valence-corrected chi connectivity index (χ1v) is 33.5. The summed E-state index contributed by atoms with van der Waals surface area (Å²) in [5.41, 5.74) is 33.5. The molecule has 0 spiro atoms. The molecule has 1 heterocycles. The zero-order chi connectivity index (χ0) is 78.1. The molecule has 0 bridgehead atoms. The van der Waals surface area contributed by atoms with Crippen molar-refractivity contribution in [3.05, 3.63) is 57.8 Å². The predicted molar refractivity (Wildman–Crippen MR) is 389 cm³/mol. The number of rotatable bonds is 48. The summed E-state index contributed by atoms with van der Waals surface area (Å²) in [7, 11) is 2.21. The summed E-state index contributed by atoms with van der Waals surface area (Å²) in [5.74, 6) is -9.71. The maximum absolute atomic E-state index is 15.3. The number of guanidine groups is 6. The van der Waals surface area contributed by atoms with Crippen LogP contribution in [-0.4, -0.2) is 199 Å². The molecule has 0 fully saturated rings. The Morgan fingerprint density at radius 2 is 0.724 bits per heavy atom. The van der Waals surface area contributed by atoms with Gasteiger partial charge in [-0.25, -0.2) is 14.4 Å². The van der Waals surface area contributed by atoms with E-state index in [2.05, 4.69) is 58.5 Å². The van der Waals surface area contributed by atoms with Gasteiger partial charge in [0.25, 0.3) is 11.8 Å². The molecule has 40 heteroatoms. The van der Waals surface area contributed by atoms with Crippen molar-refractivity contribution in [2.75, 3.05) is 79.9 Å². The fraction of sp³-hybridized carbons (Fsp3) is 0.523. The fourth-order valence-corrected chi connectivity index (χ4v) is 9.74. The van der Waals surface area contributed by atoms with Crippen LogP contribution in [0, 0.1) is 32.5 Å². The van der Waals surface area contributed by atoms with Crippen molar-refractivity contribution in [2.45, 2.75) is 141 Å². The molecule has 29 N–H and O–H groups in total. The fourth-order valence-electron chi connectivity index (χ4n) is 9.74. The Kier molecular flexibility index (Phi) is 38.6. The summed E-state index contributed by atoms with van der Waals surface area (Å²) >= 11 is 0. The molecule has 40 nitrogen and oxygen atoms in total. The Bertz CT molecular complexity index is 3430. The standard InChI is InChI=1S/C65H103N23O17/c1-35(2)19-27-100-37-29-45(102-33-49(89)84-39(13-7-21-78-60(66)67)54(92)86-41(15-9-23-80-62(70)71)56(94)87-42(57(95)98-5)16-10-24-81-63(72)73)51-47(31-37)104-48-32-38(101-28-20-36(3)4)30-46(52(48)53(51)91)103-34-50(90)85-40(14-8-22-79-61(68)69)55(93)88-43(17-11-25-82-64(74)75)58(96)105-44(59(97)99-6)18-12-26-83-65(76)77/h19-20,29-32,39-44H,7-18,21-28,33-34H2,1-6H3,(H,84,89)(H,85,90)(H,86,92)(H,87,94)(H,88,93)(H4,66,67,78)(H4,68,69,79)(H4,70,71,80)(H4,72,73,81)(H4,74,75,82)(H4,76,77,83)/t39-,40-,41-,42-,43-,44-/m0/s1. The number of esters is 3. The minimum absolute atomic E-state index is 0.0289. The van der Waals surface area contributed by atoms with Gasteiger partial charge >= 0.3 is 17.9 Å². The lowest BCUT2D eigenvalue weighted by Crippen LogP contribution is -2.56. The molecule has 105 heavy (non-hydrogen) atoms. The molecule has 0 saturated carbocycles. The SMILES string of the molecule is COC(=O)[C@H](CCCNC(=N)N)NC(=O)[C@H](CCCNC(=N)N)NC(=O)[C@H](CCCNC(=N)N)NC(=O)COc1cc(OCC=C(C)C)cc2oc3cc(OCC=C(C)C)cc(OCC(=O)N[C@@H](CCCNC(=N)N)C(=O)N[C@@H](CCCNC(=N)N)C(=O)O[C@@H](CCCNC(=N)N)C(=O)OC)c3c(=O)c12. The molecule has 0 saturated heterocycles.